The van der Waals surface area contributed by atoms with Crippen molar-refractivity contribution in [2.24, 2.45) is 7.05 Å². The number of benzene rings is 1. The first-order chi connectivity index (χ1) is 13.7. The van der Waals surface area contributed by atoms with E-state index in [4.69, 9.17) is 4.74 Å². The van der Waals surface area contributed by atoms with Crippen LogP contribution in [0.1, 0.15) is 29.9 Å². The number of esters is 1. The van der Waals surface area contributed by atoms with Crippen molar-refractivity contribution in [2.75, 3.05) is 19.5 Å². The second-order valence-electron chi connectivity index (χ2n) is 7.14. The second-order valence-corrected chi connectivity index (χ2v) is 7.14. The van der Waals surface area contributed by atoms with E-state index in [2.05, 4.69) is 21.0 Å². The fraction of sp³-hybridized carbons (Fsp3) is 0.400. The van der Waals surface area contributed by atoms with Gasteiger partial charge in [0.25, 0.3) is 5.91 Å². The molecular weight excluding hydrogens is 374 g/mol. The Bertz CT molecular complexity index is 873. The van der Waals surface area contributed by atoms with Crippen LogP contribution in [-0.4, -0.2) is 53.3 Å². The minimum atomic E-state index is -1.14. The molecule has 0 bridgehead atoms. The molecule has 29 heavy (non-hydrogen) atoms. The smallest absolute Gasteiger partial charge is 0.323 e. The molecule has 2 amide bonds. The van der Waals surface area contributed by atoms with Gasteiger partial charge in [-0.2, -0.15) is 5.10 Å². The average molecular weight is 401 g/mol. The van der Waals surface area contributed by atoms with Crippen LogP contribution >= 0.6 is 0 Å². The zero-order chi connectivity index (χ0) is 21.6. The Balaban J connectivity index is 1.99. The topological polar surface area (TPSA) is 114 Å². The number of nitrogens with one attached hydrogen (secondary N) is 3. The van der Waals surface area contributed by atoms with Crippen molar-refractivity contribution in [2.45, 2.75) is 31.8 Å². The van der Waals surface area contributed by atoms with Gasteiger partial charge in [0.1, 0.15) is 17.3 Å². The summed E-state index contributed by atoms with van der Waals surface area (Å²) >= 11 is 0. The number of amides is 2. The minimum absolute atomic E-state index is 0.337. The van der Waals surface area contributed by atoms with Crippen LogP contribution in [0.4, 0.5) is 5.69 Å². The van der Waals surface area contributed by atoms with Crippen LogP contribution in [0, 0.1) is 0 Å². The second kappa shape index (κ2) is 9.33. The monoisotopic (exact) mass is 401 g/mol. The third-order valence-electron chi connectivity index (χ3n) is 4.53. The van der Waals surface area contributed by atoms with Gasteiger partial charge in [0, 0.05) is 18.9 Å². The third kappa shape index (κ3) is 5.64. The maximum Gasteiger partial charge on any atom is 0.323 e. The molecule has 156 valence electrons. The van der Waals surface area contributed by atoms with Crippen molar-refractivity contribution in [3.05, 3.63) is 47.8 Å². The molecule has 9 nitrogen and oxygen atoms in total. The van der Waals surface area contributed by atoms with E-state index in [0.717, 1.165) is 5.56 Å². The number of rotatable bonds is 8. The van der Waals surface area contributed by atoms with Crippen LogP contribution in [0.15, 0.2) is 36.5 Å². The zero-order valence-electron chi connectivity index (χ0n) is 17.3. The molecule has 1 heterocycles. The molecule has 0 fully saturated rings. The van der Waals surface area contributed by atoms with E-state index in [-0.39, 0.29) is 17.8 Å². The predicted octanol–water partition coefficient (Wildman–Crippen LogP) is 0.871. The fourth-order valence-corrected chi connectivity index (χ4v) is 2.69. The van der Waals surface area contributed by atoms with Gasteiger partial charge in [-0.3, -0.25) is 19.1 Å². The highest BCUT2D eigenvalue weighted by molar-refractivity contribution is 6.02. The highest BCUT2D eigenvalue weighted by Gasteiger charge is 2.30. The zero-order valence-corrected chi connectivity index (χ0v) is 17.3. The van der Waals surface area contributed by atoms with Crippen LogP contribution in [0.3, 0.4) is 0 Å². The number of carbonyl (C=O) groups is 3. The Morgan fingerprint density at radius 3 is 2.34 bits per heavy atom. The molecule has 0 aliphatic heterocycles. The van der Waals surface area contributed by atoms with Gasteiger partial charge in [-0.15, -0.1) is 0 Å². The number of methoxy groups -OCH3 is 1. The summed E-state index contributed by atoms with van der Waals surface area (Å²) in [6, 6.07) is 8.27. The summed E-state index contributed by atoms with van der Waals surface area (Å²) in [5, 5.41) is 12.4. The minimum Gasteiger partial charge on any atom is -0.468 e. The standard InChI is InChI=1S/C20H27N5O4/c1-20(2,24-17(26)16-10-11-22-25(16)4)19(28)23-14-8-6-13(7-9-14)12-15(21-3)18(27)29-5/h6-11,15,21H,12H2,1-5H3,(H,23,28)(H,24,26)/t15-/m1/s1. The summed E-state index contributed by atoms with van der Waals surface area (Å²) in [5.41, 5.74) is 0.722. The van der Waals surface area contributed by atoms with Crippen molar-refractivity contribution in [1.82, 2.24) is 20.4 Å². The number of hydrogen-bond acceptors (Lipinski definition) is 6. The van der Waals surface area contributed by atoms with Crippen LogP contribution in [0.5, 0.6) is 0 Å². The maximum absolute atomic E-state index is 12.6. The molecule has 1 atom stereocenters. The highest BCUT2D eigenvalue weighted by Crippen LogP contribution is 2.15. The Kier molecular flexibility index (Phi) is 7.11. The molecular formula is C20H27N5O4. The number of aryl methyl sites for hydroxylation is 1. The number of aromatic nitrogens is 2. The van der Waals surface area contributed by atoms with Gasteiger partial charge in [0.15, 0.2) is 0 Å². The van der Waals surface area contributed by atoms with Crippen molar-refractivity contribution in [1.29, 1.82) is 0 Å². The van der Waals surface area contributed by atoms with Crippen LogP contribution in [0.2, 0.25) is 0 Å². The Labute approximate surface area is 169 Å². The van der Waals surface area contributed by atoms with Crippen molar-refractivity contribution >= 4 is 23.5 Å². The largest absolute Gasteiger partial charge is 0.468 e. The lowest BCUT2D eigenvalue weighted by atomic mass is 10.0. The molecule has 0 unspecified atom stereocenters. The summed E-state index contributed by atoms with van der Waals surface area (Å²) in [6.45, 7) is 3.25. The molecule has 9 heteroatoms. The maximum atomic E-state index is 12.6. The number of likely N-dealkylation sites (N-methyl/N-ethyl adjacent to an activating group) is 1. The average Bonchev–Trinajstić information content (AvgIpc) is 3.12. The van der Waals surface area contributed by atoms with E-state index in [1.54, 1.807) is 46.1 Å². The Morgan fingerprint density at radius 1 is 1.17 bits per heavy atom. The third-order valence-corrected chi connectivity index (χ3v) is 4.53. The molecule has 0 aliphatic rings. The van der Waals surface area contributed by atoms with Gasteiger partial charge in [-0.05, 0) is 51.1 Å². The number of hydrogen-bond donors (Lipinski definition) is 3. The van der Waals surface area contributed by atoms with Gasteiger partial charge in [0.2, 0.25) is 5.91 Å². The van der Waals surface area contributed by atoms with E-state index in [1.807, 2.05) is 12.1 Å². The molecule has 0 aliphatic carbocycles. The first-order valence-corrected chi connectivity index (χ1v) is 9.14. The summed E-state index contributed by atoms with van der Waals surface area (Å²) in [6.07, 6.45) is 1.98. The molecule has 0 radical (unpaired) electrons. The molecule has 3 N–H and O–H groups in total. The van der Waals surface area contributed by atoms with E-state index in [0.29, 0.717) is 17.8 Å². The van der Waals surface area contributed by atoms with Crippen LogP contribution < -0.4 is 16.0 Å². The predicted molar refractivity (Wildman–Crippen MR) is 108 cm³/mol. The Morgan fingerprint density at radius 2 is 1.83 bits per heavy atom. The summed E-state index contributed by atoms with van der Waals surface area (Å²) in [7, 11) is 4.69. The number of carbonyl (C=O) groups excluding carboxylic acids is 3. The van der Waals surface area contributed by atoms with E-state index < -0.39 is 11.6 Å². The first kappa shape index (κ1) is 22.1. The normalized spacial score (nSPS) is 12.2. The van der Waals surface area contributed by atoms with Crippen LogP contribution in [-0.2, 0) is 27.8 Å². The Hall–Kier alpha value is -3.20. The van der Waals surface area contributed by atoms with Gasteiger partial charge in [-0.1, -0.05) is 12.1 Å². The summed E-state index contributed by atoms with van der Waals surface area (Å²) in [5.74, 6) is -1.08. The number of anilines is 1. The van der Waals surface area contributed by atoms with Gasteiger partial charge < -0.3 is 20.7 Å². The SMILES string of the molecule is CN[C@H](Cc1ccc(NC(=O)C(C)(C)NC(=O)c2ccnn2C)cc1)C(=O)OC. The fourth-order valence-electron chi connectivity index (χ4n) is 2.69. The first-order valence-electron chi connectivity index (χ1n) is 9.14. The molecule has 1 aromatic heterocycles. The molecule has 0 saturated heterocycles. The van der Waals surface area contributed by atoms with Gasteiger partial charge >= 0.3 is 5.97 Å². The van der Waals surface area contributed by atoms with E-state index in [1.165, 1.54) is 18.0 Å². The molecule has 2 aromatic rings. The van der Waals surface area contributed by atoms with Crippen LogP contribution in [0.25, 0.3) is 0 Å². The highest BCUT2D eigenvalue weighted by atomic mass is 16.5. The summed E-state index contributed by atoms with van der Waals surface area (Å²) < 4.78 is 6.20. The van der Waals surface area contributed by atoms with Crippen molar-refractivity contribution in [3.8, 4) is 0 Å². The quantitative estimate of drug-likeness (QED) is 0.566. The summed E-state index contributed by atoms with van der Waals surface area (Å²) in [4.78, 5) is 36.7. The lowest BCUT2D eigenvalue weighted by Gasteiger charge is -2.25. The van der Waals surface area contributed by atoms with Crippen molar-refractivity contribution < 1.29 is 19.1 Å². The lowest BCUT2D eigenvalue weighted by molar-refractivity contribution is -0.142. The molecule has 1 aromatic carbocycles. The number of ether oxygens (including phenoxy) is 1. The molecule has 0 spiro atoms. The van der Waals surface area contributed by atoms with Gasteiger partial charge in [-0.25, -0.2) is 0 Å². The van der Waals surface area contributed by atoms with Crippen molar-refractivity contribution in [3.63, 3.8) is 0 Å². The van der Waals surface area contributed by atoms with E-state index in [9.17, 15) is 14.4 Å². The van der Waals surface area contributed by atoms with Gasteiger partial charge in [0.05, 0.1) is 7.11 Å². The number of nitrogens with zero attached hydrogens (tertiary/aromatic N) is 2. The molecule has 2 rings (SSSR count). The lowest BCUT2D eigenvalue weighted by Crippen LogP contribution is -2.52. The van der Waals surface area contributed by atoms with E-state index >= 15 is 0 Å². The molecule has 0 saturated carbocycles.